The number of rotatable bonds is 8. The monoisotopic (exact) mass is 407 g/mol. The topological polar surface area (TPSA) is 69.2 Å². The molecule has 1 aliphatic heterocycles. The summed E-state index contributed by atoms with van der Waals surface area (Å²) < 4.78 is 19.4. The SMILES string of the molecule is CCNC(=NCC(C)Oc1ccccc1F)NC1CCN(CC(=O)N(C)C)CC1. The molecule has 1 heterocycles. The number of ether oxygens (including phenoxy) is 1. The Morgan fingerprint density at radius 2 is 2.03 bits per heavy atom. The van der Waals surface area contributed by atoms with E-state index in [0.29, 0.717) is 19.1 Å². The maximum Gasteiger partial charge on any atom is 0.236 e. The van der Waals surface area contributed by atoms with E-state index in [9.17, 15) is 9.18 Å². The van der Waals surface area contributed by atoms with Gasteiger partial charge in [-0.3, -0.25) is 9.69 Å². The van der Waals surface area contributed by atoms with E-state index in [1.807, 2.05) is 13.8 Å². The van der Waals surface area contributed by atoms with Gasteiger partial charge in [-0.05, 0) is 38.8 Å². The molecule has 2 N–H and O–H groups in total. The number of benzene rings is 1. The molecule has 7 nitrogen and oxygen atoms in total. The van der Waals surface area contributed by atoms with Crippen LogP contribution in [0.15, 0.2) is 29.3 Å². The van der Waals surface area contributed by atoms with Gasteiger partial charge in [0.05, 0.1) is 13.1 Å². The van der Waals surface area contributed by atoms with Gasteiger partial charge in [-0.25, -0.2) is 9.38 Å². The third-order valence-electron chi connectivity index (χ3n) is 4.80. The predicted octanol–water partition coefficient (Wildman–Crippen LogP) is 1.70. The molecule has 162 valence electrons. The summed E-state index contributed by atoms with van der Waals surface area (Å²) in [7, 11) is 3.57. The second kappa shape index (κ2) is 11.6. The van der Waals surface area contributed by atoms with Crippen molar-refractivity contribution in [1.29, 1.82) is 0 Å². The molecule has 0 radical (unpaired) electrons. The van der Waals surface area contributed by atoms with Crippen LogP contribution >= 0.6 is 0 Å². The molecule has 1 atom stereocenters. The van der Waals surface area contributed by atoms with Crippen LogP contribution in [0.2, 0.25) is 0 Å². The van der Waals surface area contributed by atoms with E-state index in [0.717, 1.165) is 38.4 Å². The highest BCUT2D eigenvalue weighted by Gasteiger charge is 2.22. The van der Waals surface area contributed by atoms with Crippen molar-refractivity contribution in [2.45, 2.75) is 38.8 Å². The largest absolute Gasteiger partial charge is 0.486 e. The Morgan fingerprint density at radius 1 is 1.34 bits per heavy atom. The van der Waals surface area contributed by atoms with Crippen LogP contribution in [0.5, 0.6) is 5.75 Å². The summed E-state index contributed by atoms with van der Waals surface area (Å²) in [5, 5.41) is 6.73. The summed E-state index contributed by atoms with van der Waals surface area (Å²) in [6, 6.07) is 6.70. The van der Waals surface area contributed by atoms with Crippen LogP contribution in [0.1, 0.15) is 26.7 Å². The number of hydrogen-bond donors (Lipinski definition) is 2. The van der Waals surface area contributed by atoms with E-state index in [4.69, 9.17) is 4.74 Å². The zero-order valence-electron chi connectivity index (χ0n) is 17.9. The van der Waals surface area contributed by atoms with Crippen molar-refractivity contribution in [2.75, 3.05) is 46.8 Å². The van der Waals surface area contributed by atoms with E-state index in [1.54, 1.807) is 37.2 Å². The fourth-order valence-electron chi connectivity index (χ4n) is 3.10. The van der Waals surface area contributed by atoms with E-state index >= 15 is 0 Å². The Kier molecular flexibility index (Phi) is 9.18. The highest BCUT2D eigenvalue weighted by atomic mass is 19.1. The molecule has 0 spiro atoms. The molecular formula is C21H34FN5O2. The minimum Gasteiger partial charge on any atom is -0.486 e. The number of nitrogens with zero attached hydrogens (tertiary/aromatic N) is 3. The van der Waals surface area contributed by atoms with Crippen LogP contribution in [0, 0.1) is 5.82 Å². The quantitative estimate of drug-likeness (QED) is 0.507. The van der Waals surface area contributed by atoms with Gasteiger partial charge in [0.2, 0.25) is 5.91 Å². The van der Waals surface area contributed by atoms with Gasteiger partial charge in [-0.15, -0.1) is 0 Å². The van der Waals surface area contributed by atoms with E-state index in [-0.39, 0.29) is 23.6 Å². The van der Waals surface area contributed by atoms with E-state index in [2.05, 4.69) is 20.5 Å². The maximum atomic E-state index is 13.7. The lowest BCUT2D eigenvalue weighted by Gasteiger charge is -2.33. The van der Waals surface area contributed by atoms with Gasteiger partial charge >= 0.3 is 0 Å². The molecule has 29 heavy (non-hydrogen) atoms. The highest BCUT2D eigenvalue weighted by Crippen LogP contribution is 2.17. The molecule has 2 rings (SSSR count). The number of halogens is 1. The van der Waals surface area contributed by atoms with Crippen molar-refractivity contribution in [3.63, 3.8) is 0 Å². The van der Waals surface area contributed by atoms with Crippen LogP contribution in [-0.4, -0.2) is 80.6 Å². The van der Waals surface area contributed by atoms with Crippen LogP contribution in [0.4, 0.5) is 4.39 Å². The summed E-state index contributed by atoms with van der Waals surface area (Å²) in [6.45, 7) is 7.29. The number of aliphatic imine (C=N–C) groups is 1. The standard InChI is InChI=1S/C21H34FN5O2/c1-5-23-21(24-14-16(2)29-19-9-7-6-8-18(19)22)25-17-10-12-27(13-11-17)15-20(28)26(3)4/h6-9,16-17H,5,10-15H2,1-4H3,(H2,23,24,25). The molecular weight excluding hydrogens is 373 g/mol. The number of carbonyl (C=O) groups is 1. The number of amides is 1. The molecule has 1 aliphatic rings. The second-order valence-corrected chi connectivity index (χ2v) is 7.56. The third kappa shape index (κ3) is 7.89. The van der Waals surface area contributed by atoms with Gasteiger partial charge in [-0.1, -0.05) is 12.1 Å². The normalized spacial score (nSPS) is 16.9. The molecule has 1 amide bonds. The molecule has 8 heteroatoms. The van der Waals surface area contributed by atoms with Crippen LogP contribution in [-0.2, 0) is 4.79 Å². The first-order chi connectivity index (χ1) is 13.9. The average molecular weight is 408 g/mol. The van der Waals surface area contributed by atoms with Gasteiger partial charge in [-0.2, -0.15) is 0 Å². The summed E-state index contributed by atoms with van der Waals surface area (Å²) >= 11 is 0. The lowest BCUT2D eigenvalue weighted by molar-refractivity contribution is -0.130. The zero-order chi connectivity index (χ0) is 21.2. The van der Waals surface area contributed by atoms with Crippen LogP contribution in [0.25, 0.3) is 0 Å². The second-order valence-electron chi connectivity index (χ2n) is 7.56. The average Bonchev–Trinajstić information content (AvgIpc) is 2.69. The molecule has 0 aliphatic carbocycles. The molecule has 0 aromatic heterocycles. The summed E-state index contributed by atoms with van der Waals surface area (Å²) in [5.41, 5.74) is 0. The molecule has 1 fully saturated rings. The number of para-hydroxylation sites is 1. The van der Waals surface area contributed by atoms with Crippen molar-refractivity contribution >= 4 is 11.9 Å². The molecule has 0 bridgehead atoms. The summed E-state index contributed by atoms with van der Waals surface area (Å²) in [4.78, 5) is 20.3. The third-order valence-corrected chi connectivity index (χ3v) is 4.80. The fourth-order valence-corrected chi connectivity index (χ4v) is 3.10. The first-order valence-electron chi connectivity index (χ1n) is 10.3. The summed E-state index contributed by atoms with van der Waals surface area (Å²) in [5.74, 6) is 0.745. The van der Waals surface area contributed by atoms with Crippen LogP contribution < -0.4 is 15.4 Å². The Labute approximate surface area is 173 Å². The van der Waals surface area contributed by atoms with Gasteiger partial charge < -0.3 is 20.3 Å². The van der Waals surface area contributed by atoms with Gasteiger partial charge in [0.1, 0.15) is 6.10 Å². The first-order valence-corrected chi connectivity index (χ1v) is 10.3. The van der Waals surface area contributed by atoms with Gasteiger partial charge in [0, 0.05) is 39.8 Å². The Bertz CT molecular complexity index is 675. The number of hydrogen-bond acceptors (Lipinski definition) is 4. The minimum absolute atomic E-state index is 0.134. The summed E-state index contributed by atoms with van der Waals surface area (Å²) in [6.07, 6.45) is 1.65. The smallest absolute Gasteiger partial charge is 0.236 e. The Morgan fingerprint density at radius 3 is 2.66 bits per heavy atom. The number of nitrogens with one attached hydrogen (secondary N) is 2. The predicted molar refractivity (Wildman–Crippen MR) is 114 cm³/mol. The van der Waals surface area contributed by atoms with Crippen molar-refractivity contribution in [3.05, 3.63) is 30.1 Å². The number of carbonyl (C=O) groups excluding carboxylic acids is 1. The minimum atomic E-state index is -0.368. The highest BCUT2D eigenvalue weighted by molar-refractivity contribution is 5.80. The number of likely N-dealkylation sites (tertiary alicyclic amines) is 1. The zero-order valence-corrected chi connectivity index (χ0v) is 17.9. The molecule has 1 aromatic carbocycles. The van der Waals surface area contributed by atoms with E-state index < -0.39 is 0 Å². The molecule has 1 unspecified atom stereocenters. The van der Waals surface area contributed by atoms with E-state index in [1.165, 1.54) is 6.07 Å². The van der Waals surface area contributed by atoms with Crippen molar-refractivity contribution in [2.24, 2.45) is 4.99 Å². The van der Waals surface area contributed by atoms with Crippen LogP contribution in [0.3, 0.4) is 0 Å². The number of likely N-dealkylation sites (N-methyl/N-ethyl adjacent to an activating group) is 1. The van der Waals surface area contributed by atoms with Crippen molar-refractivity contribution in [3.8, 4) is 5.75 Å². The number of piperidine rings is 1. The Balaban J connectivity index is 1.82. The van der Waals surface area contributed by atoms with Gasteiger partial charge in [0.15, 0.2) is 17.5 Å². The van der Waals surface area contributed by atoms with Crippen molar-refractivity contribution < 1.29 is 13.9 Å². The van der Waals surface area contributed by atoms with Gasteiger partial charge in [0.25, 0.3) is 0 Å². The lowest BCUT2D eigenvalue weighted by Crippen LogP contribution is -2.50. The lowest BCUT2D eigenvalue weighted by atomic mass is 10.1. The molecule has 1 saturated heterocycles. The Hall–Kier alpha value is -2.35. The van der Waals surface area contributed by atoms with Crippen molar-refractivity contribution in [1.82, 2.24) is 20.4 Å². The molecule has 0 saturated carbocycles. The molecule has 1 aromatic rings. The maximum absolute atomic E-state index is 13.7. The first kappa shape index (κ1) is 22.9. The fraction of sp³-hybridized carbons (Fsp3) is 0.619. The number of guanidine groups is 1.